The minimum atomic E-state index is -4.49. The molecule has 260 valence electrons. The molecule has 0 saturated carbocycles. The van der Waals surface area contributed by atoms with Crippen molar-refractivity contribution in [1.82, 2.24) is 14.4 Å². The van der Waals surface area contributed by atoms with Crippen molar-refractivity contribution in [3.8, 4) is 5.75 Å². The molecule has 0 aliphatic carbocycles. The molecule has 3 atom stereocenters. The van der Waals surface area contributed by atoms with E-state index in [1.165, 1.54) is 24.1 Å². The average Bonchev–Trinajstić information content (AvgIpc) is 3.39. The van der Waals surface area contributed by atoms with E-state index in [1.807, 2.05) is 49.0 Å². The van der Waals surface area contributed by atoms with Crippen LogP contribution in [0, 0.1) is 5.92 Å². The van der Waals surface area contributed by atoms with Crippen molar-refractivity contribution in [2.75, 3.05) is 37.4 Å². The molecule has 0 saturated heterocycles. The number of anilines is 2. The van der Waals surface area contributed by atoms with Crippen molar-refractivity contribution in [1.29, 1.82) is 0 Å². The maximum atomic E-state index is 13.6. The molecule has 1 aromatic heterocycles. The first-order chi connectivity index (χ1) is 23.2. The fourth-order valence-electron chi connectivity index (χ4n) is 5.98. The molecule has 3 aromatic carbocycles. The van der Waals surface area contributed by atoms with Gasteiger partial charge in [0.15, 0.2) is 0 Å². The lowest BCUT2D eigenvalue weighted by atomic mass is 10.0. The summed E-state index contributed by atoms with van der Waals surface area (Å²) in [6.45, 7) is 3.68. The van der Waals surface area contributed by atoms with Crippen LogP contribution < -0.4 is 15.4 Å². The van der Waals surface area contributed by atoms with Crippen molar-refractivity contribution < 1.29 is 37.4 Å². The number of amides is 4. The Labute approximate surface area is 282 Å². The van der Waals surface area contributed by atoms with Gasteiger partial charge in [0, 0.05) is 60.6 Å². The van der Waals surface area contributed by atoms with Crippen molar-refractivity contribution in [2.45, 2.75) is 45.0 Å². The maximum absolute atomic E-state index is 13.6. The minimum absolute atomic E-state index is 0.0452. The Balaban J connectivity index is 1.34. The van der Waals surface area contributed by atoms with Crippen molar-refractivity contribution in [3.05, 3.63) is 89.6 Å². The summed E-state index contributed by atoms with van der Waals surface area (Å²) in [6, 6.07) is 16.0. The fourth-order valence-corrected chi connectivity index (χ4v) is 5.98. The number of carbonyl (C=O) groups excluding carboxylic acids is 3. The second kappa shape index (κ2) is 14.6. The lowest BCUT2D eigenvalue weighted by Gasteiger charge is -2.34. The van der Waals surface area contributed by atoms with E-state index in [9.17, 15) is 32.7 Å². The standard InChI is InChI=1S/C36H40F3N5O5/c1-22-18-44(23(2)21-45)34(47)17-24-15-28(40-33(46)16-25-19-42(3)30-8-6-5-7-29(25)30)13-14-31(24)49-32(22)20-43(4)35(48)41-27-11-9-26(10-12-27)36(37,38)39/h5-15,19,22-23,32,45H,16-18,20-21H2,1-4H3,(H,40,46)(H,41,48)/t22-,23+,32+/m1/s1. The van der Waals surface area contributed by atoms with Crippen LogP contribution in [0.3, 0.4) is 0 Å². The number of hydrogen-bond acceptors (Lipinski definition) is 5. The molecule has 4 aromatic rings. The normalized spacial score (nSPS) is 17.3. The van der Waals surface area contributed by atoms with Gasteiger partial charge in [-0.2, -0.15) is 13.2 Å². The van der Waals surface area contributed by atoms with Gasteiger partial charge < -0.3 is 34.8 Å². The summed E-state index contributed by atoms with van der Waals surface area (Å²) in [7, 11) is 3.47. The third-order valence-corrected chi connectivity index (χ3v) is 8.79. The van der Waals surface area contributed by atoms with E-state index in [1.54, 1.807) is 30.0 Å². The summed E-state index contributed by atoms with van der Waals surface area (Å²) in [4.78, 5) is 42.7. The average molecular weight is 680 g/mol. The molecule has 0 spiro atoms. The molecule has 3 N–H and O–H groups in total. The number of hydrogen-bond donors (Lipinski definition) is 3. The number of urea groups is 1. The van der Waals surface area contributed by atoms with E-state index in [0.717, 1.165) is 28.6 Å². The van der Waals surface area contributed by atoms with Crippen molar-refractivity contribution >= 4 is 40.1 Å². The second-order valence-electron chi connectivity index (χ2n) is 12.6. The highest BCUT2D eigenvalue weighted by molar-refractivity contribution is 5.96. The zero-order valence-electron chi connectivity index (χ0n) is 27.8. The lowest BCUT2D eigenvalue weighted by molar-refractivity contribution is -0.137. The van der Waals surface area contributed by atoms with E-state index in [2.05, 4.69) is 10.6 Å². The van der Waals surface area contributed by atoms with Crippen LogP contribution in [0.2, 0.25) is 0 Å². The zero-order chi connectivity index (χ0) is 35.5. The summed E-state index contributed by atoms with van der Waals surface area (Å²) in [5.74, 6) is -0.349. The van der Waals surface area contributed by atoms with Gasteiger partial charge in [0.05, 0.1) is 37.6 Å². The molecular weight excluding hydrogens is 639 g/mol. The molecule has 0 radical (unpaired) electrons. The number of nitrogens with zero attached hydrogens (tertiary/aromatic N) is 3. The zero-order valence-corrected chi connectivity index (χ0v) is 27.8. The molecule has 13 heteroatoms. The predicted molar refractivity (Wildman–Crippen MR) is 180 cm³/mol. The number of carbonyl (C=O) groups is 3. The summed E-state index contributed by atoms with van der Waals surface area (Å²) in [5, 5.41) is 16.5. The van der Waals surface area contributed by atoms with Gasteiger partial charge in [-0.15, -0.1) is 0 Å². The lowest BCUT2D eigenvalue weighted by Crippen LogP contribution is -2.48. The molecule has 4 amide bonds. The molecule has 5 rings (SSSR count). The van der Waals surface area contributed by atoms with E-state index in [4.69, 9.17) is 4.74 Å². The second-order valence-corrected chi connectivity index (χ2v) is 12.6. The summed E-state index contributed by atoms with van der Waals surface area (Å²) >= 11 is 0. The van der Waals surface area contributed by atoms with Crippen LogP contribution in [0.4, 0.5) is 29.3 Å². The van der Waals surface area contributed by atoms with Crippen LogP contribution in [0.5, 0.6) is 5.75 Å². The first-order valence-corrected chi connectivity index (χ1v) is 16.0. The largest absolute Gasteiger partial charge is 0.488 e. The quantitative estimate of drug-likeness (QED) is 0.221. The summed E-state index contributed by atoms with van der Waals surface area (Å²) in [6.07, 6.45) is -3.08. The number of halogens is 3. The van der Waals surface area contributed by atoms with Gasteiger partial charge >= 0.3 is 12.2 Å². The monoisotopic (exact) mass is 679 g/mol. The molecule has 2 heterocycles. The van der Waals surface area contributed by atoms with Crippen molar-refractivity contribution in [3.63, 3.8) is 0 Å². The first kappa shape index (κ1) is 35.3. The van der Waals surface area contributed by atoms with E-state index in [-0.39, 0.29) is 56.0 Å². The number of rotatable bonds is 8. The Morgan fingerprint density at radius 3 is 2.45 bits per heavy atom. The third-order valence-electron chi connectivity index (χ3n) is 8.79. The maximum Gasteiger partial charge on any atom is 0.416 e. The SMILES string of the molecule is C[C@@H]1CN([C@@H](C)CO)C(=O)Cc2cc(NC(=O)Cc3cn(C)c4ccccc34)ccc2O[C@H]1CN(C)C(=O)Nc1ccc(C(F)(F)F)cc1. The molecular formula is C36H40F3N5O5. The number of alkyl halides is 3. The molecule has 0 bridgehead atoms. The van der Waals surface area contributed by atoms with Gasteiger partial charge in [-0.25, -0.2) is 4.79 Å². The first-order valence-electron chi connectivity index (χ1n) is 16.0. The van der Waals surface area contributed by atoms with Gasteiger partial charge in [-0.05, 0) is 61.0 Å². The topological polar surface area (TPSA) is 116 Å². The van der Waals surface area contributed by atoms with E-state index < -0.39 is 29.9 Å². The highest BCUT2D eigenvalue weighted by Crippen LogP contribution is 2.31. The number of likely N-dealkylation sites (N-methyl/N-ethyl adjacent to an activating group) is 1. The Morgan fingerprint density at radius 2 is 1.76 bits per heavy atom. The Hall–Kier alpha value is -5.04. The number of aryl methyl sites for hydroxylation is 1. The van der Waals surface area contributed by atoms with Gasteiger partial charge in [-0.3, -0.25) is 9.59 Å². The van der Waals surface area contributed by atoms with Gasteiger partial charge in [0.25, 0.3) is 0 Å². The Kier molecular flexibility index (Phi) is 10.5. The van der Waals surface area contributed by atoms with Crippen LogP contribution in [0.25, 0.3) is 10.9 Å². The molecule has 10 nitrogen and oxygen atoms in total. The molecule has 0 fully saturated rings. The number of aromatic nitrogens is 1. The van der Waals surface area contributed by atoms with Gasteiger partial charge in [-0.1, -0.05) is 25.1 Å². The van der Waals surface area contributed by atoms with Gasteiger partial charge in [0.2, 0.25) is 11.8 Å². The number of para-hydroxylation sites is 1. The number of nitrogens with one attached hydrogen (secondary N) is 2. The number of aliphatic hydroxyl groups is 1. The Bertz CT molecular complexity index is 1820. The highest BCUT2D eigenvalue weighted by Gasteiger charge is 2.33. The van der Waals surface area contributed by atoms with Crippen LogP contribution in [0.1, 0.15) is 30.5 Å². The number of ether oxygens (including phenoxy) is 1. The third kappa shape index (κ3) is 8.34. The summed E-state index contributed by atoms with van der Waals surface area (Å²) < 4.78 is 47.3. The molecule has 49 heavy (non-hydrogen) atoms. The smallest absolute Gasteiger partial charge is 0.416 e. The number of fused-ring (bicyclic) bond motifs is 2. The summed E-state index contributed by atoms with van der Waals surface area (Å²) in [5.41, 5.74) is 2.29. The minimum Gasteiger partial charge on any atom is -0.488 e. The molecule has 1 aliphatic rings. The highest BCUT2D eigenvalue weighted by atomic mass is 19.4. The number of aliphatic hydroxyl groups excluding tert-OH is 1. The van der Waals surface area contributed by atoms with Crippen LogP contribution >= 0.6 is 0 Å². The van der Waals surface area contributed by atoms with E-state index in [0.29, 0.717) is 17.0 Å². The van der Waals surface area contributed by atoms with E-state index >= 15 is 0 Å². The predicted octanol–water partition coefficient (Wildman–Crippen LogP) is 5.69. The Morgan fingerprint density at radius 1 is 1.06 bits per heavy atom. The fraction of sp³-hybridized carbons (Fsp3) is 0.361. The van der Waals surface area contributed by atoms with Crippen LogP contribution in [-0.2, 0) is 35.7 Å². The van der Waals surface area contributed by atoms with Crippen molar-refractivity contribution in [2.24, 2.45) is 13.0 Å². The molecule has 1 aliphatic heterocycles. The van der Waals surface area contributed by atoms with Crippen LogP contribution in [-0.4, -0.2) is 76.2 Å². The number of benzene rings is 3. The van der Waals surface area contributed by atoms with Gasteiger partial charge in [0.1, 0.15) is 11.9 Å². The van der Waals surface area contributed by atoms with Crippen LogP contribution in [0.15, 0.2) is 72.9 Å². The molecule has 0 unspecified atom stereocenters.